The Morgan fingerprint density at radius 3 is 2.52 bits per heavy atom. The van der Waals surface area contributed by atoms with Crippen molar-refractivity contribution in [2.75, 3.05) is 11.4 Å². The van der Waals surface area contributed by atoms with Crippen LogP contribution in [-0.4, -0.2) is 11.5 Å². The van der Waals surface area contributed by atoms with Crippen molar-refractivity contribution in [3.8, 4) is 0 Å². The number of benzene rings is 2. The quantitative estimate of drug-likeness (QED) is 0.700. The van der Waals surface area contributed by atoms with Crippen molar-refractivity contribution < 1.29 is 0 Å². The molecule has 0 amide bonds. The second-order valence-corrected chi connectivity index (χ2v) is 6.14. The minimum Gasteiger partial charge on any atom is -0.367 e. The first-order chi connectivity index (χ1) is 10.2. The molecular formula is C19H20N2. The molecule has 1 N–H and O–H groups in total. The molecule has 0 fully saturated rings. The van der Waals surface area contributed by atoms with Gasteiger partial charge in [-0.25, -0.2) is 0 Å². The van der Waals surface area contributed by atoms with E-state index in [1.54, 1.807) is 0 Å². The zero-order chi connectivity index (χ0) is 14.4. The van der Waals surface area contributed by atoms with E-state index in [9.17, 15) is 0 Å². The summed E-state index contributed by atoms with van der Waals surface area (Å²) in [5.41, 5.74) is 8.14. The standard InChI is InChI=1S/C19H20N2/c1-13-3-6-15(7-4-13)21-10-9-19-17(12-21)16-11-14(2)5-8-18(16)20-19/h3-8,11,20H,9-10,12H2,1-2H3. The summed E-state index contributed by atoms with van der Waals surface area (Å²) in [5, 5.41) is 1.39. The van der Waals surface area contributed by atoms with Crippen LogP contribution in [0, 0.1) is 13.8 Å². The fourth-order valence-corrected chi connectivity index (χ4v) is 3.30. The summed E-state index contributed by atoms with van der Waals surface area (Å²) in [5.74, 6) is 0. The first kappa shape index (κ1) is 12.5. The first-order valence-corrected chi connectivity index (χ1v) is 7.62. The van der Waals surface area contributed by atoms with Gasteiger partial charge in [-0.3, -0.25) is 0 Å². The minimum atomic E-state index is 1.00. The summed E-state index contributed by atoms with van der Waals surface area (Å²) in [4.78, 5) is 6.08. The monoisotopic (exact) mass is 276 g/mol. The van der Waals surface area contributed by atoms with E-state index in [-0.39, 0.29) is 0 Å². The Balaban J connectivity index is 1.75. The van der Waals surface area contributed by atoms with E-state index in [1.165, 1.54) is 39.0 Å². The lowest BCUT2D eigenvalue weighted by atomic mass is 10.0. The smallest absolute Gasteiger partial charge is 0.0459 e. The molecule has 0 saturated heterocycles. The van der Waals surface area contributed by atoms with Crippen LogP contribution in [0.1, 0.15) is 22.4 Å². The Morgan fingerprint density at radius 1 is 0.952 bits per heavy atom. The lowest BCUT2D eigenvalue weighted by molar-refractivity contribution is 0.726. The Kier molecular flexibility index (Phi) is 2.78. The van der Waals surface area contributed by atoms with Gasteiger partial charge in [0.25, 0.3) is 0 Å². The van der Waals surface area contributed by atoms with Gasteiger partial charge in [0.15, 0.2) is 0 Å². The van der Waals surface area contributed by atoms with Crippen molar-refractivity contribution in [3.63, 3.8) is 0 Å². The molecule has 21 heavy (non-hydrogen) atoms. The Labute approximate surface area is 125 Å². The zero-order valence-electron chi connectivity index (χ0n) is 12.6. The minimum absolute atomic E-state index is 1.00. The summed E-state index contributed by atoms with van der Waals surface area (Å²) in [7, 11) is 0. The molecule has 0 unspecified atom stereocenters. The first-order valence-electron chi connectivity index (χ1n) is 7.62. The van der Waals surface area contributed by atoms with Crippen LogP contribution in [0.3, 0.4) is 0 Å². The zero-order valence-corrected chi connectivity index (χ0v) is 12.6. The largest absolute Gasteiger partial charge is 0.367 e. The van der Waals surface area contributed by atoms with Gasteiger partial charge in [-0.2, -0.15) is 0 Å². The number of hydrogen-bond acceptors (Lipinski definition) is 1. The maximum absolute atomic E-state index is 3.60. The number of nitrogens with zero attached hydrogens (tertiary/aromatic N) is 1. The highest BCUT2D eigenvalue weighted by molar-refractivity contribution is 5.86. The highest BCUT2D eigenvalue weighted by Crippen LogP contribution is 2.30. The van der Waals surface area contributed by atoms with Crippen molar-refractivity contribution >= 4 is 16.6 Å². The van der Waals surface area contributed by atoms with Gasteiger partial charge in [0.05, 0.1) is 0 Å². The van der Waals surface area contributed by atoms with Crippen LogP contribution in [0.4, 0.5) is 5.69 Å². The molecule has 0 radical (unpaired) electrons. The van der Waals surface area contributed by atoms with Crippen LogP contribution in [0.2, 0.25) is 0 Å². The third kappa shape index (κ3) is 2.11. The second-order valence-electron chi connectivity index (χ2n) is 6.14. The van der Waals surface area contributed by atoms with Gasteiger partial charge in [0.2, 0.25) is 0 Å². The number of H-pyrrole nitrogens is 1. The summed E-state index contributed by atoms with van der Waals surface area (Å²) in [6.45, 7) is 6.39. The normalized spacial score (nSPS) is 14.5. The molecular weight excluding hydrogens is 256 g/mol. The highest BCUT2D eigenvalue weighted by atomic mass is 15.1. The van der Waals surface area contributed by atoms with E-state index in [1.807, 2.05) is 0 Å². The maximum Gasteiger partial charge on any atom is 0.0459 e. The van der Waals surface area contributed by atoms with Crippen LogP contribution in [-0.2, 0) is 13.0 Å². The number of aromatic nitrogens is 1. The van der Waals surface area contributed by atoms with Crippen LogP contribution in [0.5, 0.6) is 0 Å². The van der Waals surface area contributed by atoms with Crippen LogP contribution in [0.15, 0.2) is 42.5 Å². The third-order valence-corrected chi connectivity index (χ3v) is 4.53. The van der Waals surface area contributed by atoms with E-state index < -0.39 is 0 Å². The molecule has 0 spiro atoms. The molecule has 2 heteroatoms. The van der Waals surface area contributed by atoms with Crippen molar-refractivity contribution in [2.45, 2.75) is 26.8 Å². The molecule has 2 heterocycles. The van der Waals surface area contributed by atoms with Crippen LogP contribution < -0.4 is 4.90 Å². The lowest BCUT2D eigenvalue weighted by Gasteiger charge is -2.29. The predicted octanol–water partition coefficient (Wildman–Crippen LogP) is 4.35. The fraction of sp³-hybridized carbons (Fsp3) is 0.263. The van der Waals surface area contributed by atoms with Crippen molar-refractivity contribution in [3.05, 3.63) is 64.8 Å². The molecule has 0 aliphatic carbocycles. The van der Waals surface area contributed by atoms with E-state index in [2.05, 4.69) is 66.2 Å². The Hall–Kier alpha value is -2.22. The number of fused-ring (bicyclic) bond motifs is 3. The predicted molar refractivity (Wildman–Crippen MR) is 89.0 cm³/mol. The molecule has 1 aliphatic heterocycles. The molecule has 1 aromatic heterocycles. The van der Waals surface area contributed by atoms with Crippen LogP contribution in [0.25, 0.3) is 10.9 Å². The topological polar surface area (TPSA) is 19.0 Å². The maximum atomic E-state index is 3.60. The molecule has 106 valence electrons. The van der Waals surface area contributed by atoms with Gasteiger partial charge >= 0.3 is 0 Å². The number of rotatable bonds is 1. The molecule has 3 aromatic rings. The number of nitrogens with one attached hydrogen (secondary N) is 1. The van der Waals surface area contributed by atoms with E-state index in [0.29, 0.717) is 0 Å². The molecule has 4 rings (SSSR count). The van der Waals surface area contributed by atoms with E-state index in [4.69, 9.17) is 0 Å². The average molecular weight is 276 g/mol. The summed E-state index contributed by atoms with van der Waals surface area (Å²) in [6, 6.07) is 15.6. The molecule has 0 bridgehead atoms. The van der Waals surface area contributed by atoms with Crippen LogP contribution >= 0.6 is 0 Å². The third-order valence-electron chi connectivity index (χ3n) is 4.53. The Bertz CT molecular complexity index is 796. The number of anilines is 1. The fourth-order valence-electron chi connectivity index (χ4n) is 3.30. The summed E-state index contributed by atoms with van der Waals surface area (Å²) >= 11 is 0. The van der Waals surface area contributed by atoms with Crippen molar-refractivity contribution in [2.24, 2.45) is 0 Å². The Morgan fingerprint density at radius 2 is 1.71 bits per heavy atom. The molecule has 0 atom stereocenters. The van der Waals surface area contributed by atoms with Gasteiger partial charge in [0, 0.05) is 47.4 Å². The van der Waals surface area contributed by atoms with Crippen molar-refractivity contribution in [1.29, 1.82) is 0 Å². The van der Waals surface area contributed by atoms with Gasteiger partial charge in [-0.05, 0) is 38.1 Å². The molecule has 2 nitrogen and oxygen atoms in total. The van der Waals surface area contributed by atoms with Gasteiger partial charge < -0.3 is 9.88 Å². The van der Waals surface area contributed by atoms with E-state index in [0.717, 1.165) is 19.5 Å². The number of aromatic amines is 1. The SMILES string of the molecule is Cc1ccc(N2CCc3[nH]c4ccc(C)cc4c3C2)cc1. The molecule has 1 aliphatic rings. The average Bonchev–Trinajstić information content (AvgIpc) is 2.85. The highest BCUT2D eigenvalue weighted by Gasteiger charge is 2.20. The van der Waals surface area contributed by atoms with Gasteiger partial charge in [-0.1, -0.05) is 29.3 Å². The number of hydrogen-bond donors (Lipinski definition) is 1. The summed E-state index contributed by atoms with van der Waals surface area (Å²) in [6.07, 6.45) is 1.09. The molecule has 2 aromatic carbocycles. The second kappa shape index (κ2) is 4.66. The van der Waals surface area contributed by atoms with E-state index >= 15 is 0 Å². The van der Waals surface area contributed by atoms with Crippen molar-refractivity contribution in [1.82, 2.24) is 4.98 Å². The summed E-state index contributed by atoms with van der Waals surface area (Å²) < 4.78 is 0. The number of aryl methyl sites for hydroxylation is 2. The van der Waals surface area contributed by atoms with Gasteiger partial charge in [0.1, 0.15) is 0 Å². The lowest BCUT2D eigenvalue weighted by Crippen LogP contribution is -2.29. The molecule has 0 saturated carbocycles. The van der Waals surface area contributed by atoms with Gasteiger partial charge in [-0.15, -0.1) is 0 Å².